The third-order valence-electron chi connectivity index (χ3n) is 4.24. The normalized spacial score (nSPS) is 10.7. The molecule has 0 unspecified atom stereocenters. The standard InChI is InChI=1S/C23H21N3O6/c1-15-5-4-6-16(11-15)31-14-22(28)24-13-21(27)26-25-12-17-9-10-20(32-17)18-7-2-3-8-19(18)23(29)30/h2-12H,13-14H2,1H3,(H,24,28)(H,26,27)(H,29,30)/b25-12-. The van der Waals surface area contributed by atoms with Gasteiger partial charge in [0.15, 0.2) is 6.61 Å². The van der Waals surface area contributed by atoms with Gasteiger partial charge in [0, 0.05) is 5.56 Å². The maximum Gasteiger partial charge on any atom is 0.336 e. The van der Waals surface area contributed by atoms with Crippen LogP contribution in [0.25, 0.3) is 11.3 Å². The Bertz CT molecular complexity index is 1150. The van der Waals surface area contributed by atoms with Gasteiger partial charge in [-0.3, -0.25) is 9.59 Å². The van der Waals surface area contributed by atoms with E-state index in [9.17, 15) is 19.5 Å². The molecule has 1 aromatic heterocycles. The first-order chi connectivity index (χ1) is 15.4. The number of hydrazone groups is 1. The Morgan fingerprint density at radius 2 is 1.88 bits per heavy atom. The summed E-state index contributed by atoms with van der Waals surface area (Å²) < 4.78 is 10.9. The lowest BCUT2D eigenvalue weighted by Crippen LogP contribution is -2.37. The molecule has 1 heterocycles. The SMILES string of the molecule is Cc1cccc(OCC(=O)NCC(=O)N/N=C\c2ccc(-c3ccccc3C(=O)O)o2)c1. The number of hydrogen-bond acceptors (Lipinski definition) is 6. The van der Waals surface area contributed by atoms with Gasteiger partial charge in [-0.25, -0.2) is 10.2 Å². The number of carboxylic acid groups (broad SMARTS) is 1. The quantitative estimate of drug-likeness (QED) is 0.350. The Morgan fingerprint density at radius 1 is 1.06 bits per heavy atom. The number of aromatic carboxylic acids is 1. The van der Waals surface area contributed by atoms with Gasteiger partial charge < -0.3 is 19.6 Å². The van der Waals surface area contributed by atoms with Crippen molar-refractivity contribution in [3.05, 3.63) is 77.6 Å². The molecule has 2 aromatic carbocycles. The molecule has 0 radical (unpaired) electrons. The summed E-state index contributed by atoms with van der Waals surface area (Å²) in [6.45, 7) is 1.42. The van der Waals surface area contributed by atoms with Crippen molar-refractivity contribution in [2.24, 2.45) is 5.10 Å². The summed E-state index contributed by atoms with van der Waals surface area (Å²) in [5.74, 6) is -0.803. The van der Waals surface area contributed by atoms with Crippen molar-refractivity contribution in [1.29, 1.82) is 0 Å². The average Bonchev–Trinajstić information content (AvgIpc) is 3.25. The maximum absolute atomic E-state index is 11.8. The number of aryl methyl sites for hydroxylation is 1. The summed E-state index contributed by atoms with van der Waals surface area (Å²) in [7, 11) is 0. The Balaban J connectivity index is 1.45. The molecule has 3 N–H and O–H groups in total. The van der Waals surface area contributed by atoms with Crippen molar-refractivity contribution in [3.63, 3.8) is 0 Å². The molecule has 0 saturated carbocycles. The first-order valence-electron chi connectivity index (χ1n) is 9.63. The smallest absolute Gasteiger partial charge is 0.336 e. The molecule has 3 aromatic rings. The Morgan fingerprint density at radius 3 is 2.66 bits per heavy atom. The van der Waals surface area contributed by atoms with Crippen LogP contribution in [0, 0.1) is 6.92 Å². The fourth-order valence-corrected chi connectivity index (χ4v) is 2.74. The Kier molecular flexibility index (Phi) is 7.37. The molecule has 0 aliphatic rings. The molecule has 9 heteroatoms. The van der Waals surface area contributed by atoms with Crippen LogP contribution in [-0.4, -0.2) is 42.3 Å². The number of nitrogens with one attached hydrogen (secondary N) is 2. The van der Waals surface area contributed by atoms with Crippen molar-refractivity contribution in [2.75, 3.05) is 13.2 Å². The summed E-state index contributed by atoms with van der Waals surface area (Å²) in [6.07, 6.45) is 1.27. The van der Waals surface area contributed by atoms with Crippen LogP contribution in [0.5, 0.6) is 5.75 Å². The van der Waals surface area contributed by atoms with Crippen LogP contribution in [0.15, 0.2) is 70.2 Å². The molecule has 9 nitrogen and oxygen atoms in total. The summed E-state index contributed by atoms with van der Waals surface area (Å²) in [5.41, 5.74) is 3.82. The van der Waals surface area contributed by atoms with E-state index in [1.165, 1.54) is 12.3 Å². The second-order valence-electron chi connectivity index (χ2n) is 6.73. The highest BCUT2D eigenvalue weighted by atomic mass is 16.5. The number of nitrogens with zero attached hydrogens (tertiary/aromatic N) is 1. The fraction of sp³-hybridized carbons (Fsp3) is 0.130. The first kappa shape index (κ1) is 22.3. The summed E-state index contributed by atoms with van der Waals surface area (Å²) in [6, 6.07) is 16.9. The molecule has 0 saturated heterocycles. The lowest BCUT2D eigenvalue weighted by molar-refractivity contribution is -0.127. The van der Waals surface area contributed by atoms with Crippen LogP contribution >= 0.6 is 0 Å². The molecular formula is C23H21N3O6. The molecular weight excluding hydrogens is 414 g/mol. The van der Waals surface area contributed by atoms with E-state index in [0.29, 0.717) is 22.8 Å². The second-order valence-corrected chi connectivity index (χ2v) is 6.73. The number of benzene rings is 2. The van der Waals surface area contributed by atoms with E-state index in [4.69, 9.17) is 9.15 Å². The number of hydrogen-bond donors (Lipinski definition) is 3. The highest BCUT2D eigenvalue weighted by molar-refractivity contribution is 5.95. The van der Waals surface area contributed by atoms with Crippen molar-refractivity contribution in [2.45, 2.75) is 6.92 Å². The number of furan rings is 1. The molecule has 32 heavy (non-hydrogen) atoms. The van der Waals surface area contributed by atoms with Crippen molar-refractivity contribution in [1.82, 2.24) is 10.7 Å². The van der Waals surface area contributed by atoms with E-state index in [-0.39, 0.29) is 18.7 Å². The molecule has 0 aliphatic heterocycles. The number of ether oxygens (including phenoxy) is 1. The van der Waals surface area contributed by atoms with E-state index >= 15 is 0 Å². The topological polar surface area (TPSA) is 130 Å². The first-order valence-corrected chi connectivity index (χ1v) is 9.63. The minimum absolute atomic E-state index is 0.112. The van der Waals surface area contributed by atoms with Gasteiger partial charge in [0.1, 0.15) is 17.3 Å². The van der Waals surface area contributed by atoms with Gasteiger partial charge in [0.05, 0.1) is 18.3 Å². The third-order valence-corrected chi connectivity index (χ3v) is 4.24. The maximum atomic E-state index is 11.8. The van der Waals surface area contributed by atoms with E-state index in [1.54, 1.807) is 42.5 Å². The monoisotopic (exact) mass is 435 g/mol. The van der Waals surface area contributed by atoms with Crippen LogP contribution in [0.4, 0.5) is 0 Å². The third kappa shape index (κ3) is 6.30. The minimum Gasteiger partial charge on any atom is -0.484 e. The van der Waals surface area contributed by atoms with Crippen LogP contribution in [0.2, 0.25) is 0 Å². The number of carboxylic acids is 1. The number of amides is 2. The van der Waals surface area contributed by atoms with Gasteiger partial charge in [-0.2, -0.15) is 5.10 Å². The van der Waals surface area contributed by atoms with Gasteiger partial charge in [0.2, 0.25) is 0 Å². The fourth-order valence-electron chi connectivity index (χ4n) is 2.74. The van der Waals surface area contributed by atoms with E-state index in [0.717, 1.165) is 5.56 Å². The summed E-state index contributed by atoms with van der Waals surface area (Å²) >= 11 is 0. The molecule has 0 atom stereocenters. The lowest BCUT2D eigenvalue weighted by atomic mass is 10.1. The van der Waals surface area contributed by atoms with Gasteiger partial charge in [-0.1, -0.05) is 30.3 Å². The molecule has 0 bridgehead atoms. The molecule has 3 rings (SSSR count). The molecule has 0 aliphatic carbocycles. The van der Waals surface area contributed by atoms with Crippen LogP contribution < -0.4 is 15.5 Å². The number of carbonyl (C=O) groups excluding carboxylic acids is 2. The molecule has 0 fully saturated rings. The van der Waals surface area contributed by atoms with Crippen LogP contribution in [0.1, 0.15) is 21.7 Å². The minimum atomic E-state index is -1.06. The van der Waals surface area contributed by atoms with Gasteiger partial charge >= 0.3 is 5.97 Å². The van der Waals surface area contributed by atoms with E-state index in [1.807, 2.05) is 19.1 Å². The number of rotatable bonds is 9. The van der Waals surface area contributed by atoms with E-state index in [2.05, 4.69) is 15.8 Å². The average molecular weight is 435 g/mol. The van der Waals surface area contributed by atoms with Crippen LogP contribution in [0.3, 0.4) is 0 Å². The van der Waals surface area contributed by atoms with Crippen LogP contribution in [-0.2, 0) is 9.59 Å². The second kappa shape index (κ2) is 10.6. The predicted molar refractivity (Wildman–Crippen MR) is 117 cm³/mol. The Hall–Kier alpha value is -4.40. The van der Waals surface area contributed by atoms with Gasteiger partial charge in [-0.15, -0.1) is 0 Å². The van der Waals surface area contributed by atoms with Gasteiger partial charge in [-0.05, 0) is 42.8 Å². The predicted octanol–water partition coefficient (Wildman–Crippen LogP) is 2.60. The molecule has 164 valence electrons. The van der Waals surface area contributed by atoms with Crippen molar-refractivity contribution < 1.29 is 28.6 Å². The molecule has 2 amide bonds. The zero-order valence-electron chi connectivity index (χ0n) is 17.2. The summed E-state index contributed by atoms with van der Waals surface area (Å²) in [5, 5.41) is 15.5. The largest absolute Gasteiger partial charge is 0.484 e. The van der Waals surface area contributed by atoms with Gasteiger partial charge in [0.25, 0.3) is 11.8 Å². The highest BCUT2D eigenvalue weighted by Crippen LogP contribution is 2.25. The lowest BCUT2D eigenvalue weighted by Gasteiger charge is -2.07. The Labute approximate surface area is 183 Å². The zero-order valence-corrected chi connectivity index (χ0v) is 17.2. The van der Waals surface area contributed by atoms with Crippen molar-refractivity contribution in [3.8, 4) is 17.1 Å². The molecule has 0 spiro atoms. The van der Waals surface area contributed by atoms with Crippen molar-refractivity contribution >= 4 is 24.0 Å². The summed E-state index contributed by atoms with van der Waals surface area (Å²) in [4.78, 5) is 35.0. The highest BCUT2D eigenvalue weighted by Gasteiger charge is 2.13. The number of carbonyl (C=O) groups is 3. The van der Waals surface area contributed by atoms with E-state index < -0.39 is 17.8 Å². The zero-order chi connectivity index (χ0) is 22.9.